The molecular weight excluding hydrogens is 385 g/mol. The molecule has 0 aromatic heterocycles. The Kier molecular flexibility index (Phi) is 7.78. The van der Waals surface area contributed by atoms with Gasteiger partial charge in [0.15, 0.2) is 0 Å². The van der Waals surface area contributed by atoms with E-state index in [4.69, 9.17) is 27.9 Å². The summed E-state index contributed by atoms with van der Waals surface area (Å²) < 4.78 is 30.0. The fourth-order valence-corrected chi connectivity index (χ4v) is 3.28. The number of rotatable bonds is 9. The Hall–Kier alpha value is -1.24. The Morgan fingerprint density at radius 1 is 1.28 bits per heavy atom. The Labute approximate surface area is 159 Å². The summed E-state index contributed by atoms with van der Waals surface area (Å²) in [5.74, 6) is -0.498. The second kappa shape index (κ2) is 8.92. The van der Waals surface area contributed by atoms with Gasteiger partial charge in [-0.05, 0) is 25.3 Å². The van der Waals surface area contributed by atoms with Crippen molar-refractivity contribution in [3.05, 3.63) is 40.4 Å². The fourth-order valence-electron chi connectivity index (χ4n) is 2.38. The van der Waals surface area contributed by atoms with Crippen molar-refractivity contribution >= 4 is 39.1 Å². The number of sulfonamides is 1. The molecule has 25 heavy (non-hydrogen) atoms. The van der Waals surface area contributed by atoms with E-state index in [2.05, 4.69) is 20.4 Å². The number of benzene rings is 1. The van der Waals surface area contributed by atoms with Crippen molar-refractivity contribution in [2.24, 2.45) is 5.41 Å². The van der Waals surface area contributed by atoms with Gasteiger partial charge in [-0.2, -0.15) is 0 Å². The molecule has 0 unspecified atom stereocenters. The molecule has 0 spiro atoms. The summed E-state index contributed by atoms with van der Waals surface area (Å²) in [6, 6.07) is 2.72. The summed E-state index contributed by atoms with van der Waals surface area (Å²) in [6.07, 6.45) is 5.38. The van der Waals surface area contributed by atoms with Crippen molar-refractivity contribution in [3.8, 4) is 5.75 Å². The van der Waals surface area contributed by atoms with Crippen LogP contribution in [0.15, 0.2) is 24.8 Å². The van der Waals surface area contributed by atoms with Gasteiger partial charge >= 0.3 is 0 Å². The maximum Gasteiger partial charge on any atom is 0.266 e. The summed E-state index contributed by atoms with van der Waals surface area (Å²) in [6.45, 7) is 8.39. The van der Waals surface area contributed by atoms with Crippen molar-refractivity contribution in [2.75, 3.05) is 12.9 Å². The Morgan fingerprint density at radius 2 is 1.88 bits per heavy atom. The van der Waals surface area contributed by atoms with E-state index in [9.17, 15) is 13.2 Å². The van der Waals surface area contributed by atoms with Crippen LogP contribution in [0.3, 0.4) is 0 Å². The van der Waals surface area contributed by atoms with Crippen LogP contribution in [0.4, 0.5) is 0 Å². The zero-order valence-electron chi connectivity index (χ0n) is 14.6. The van der Waals surface area contributed by atoms with Crippen molar-refractivity contribution in [3.63, 3.8) is 0 Å². The van der Waals surface area contributed by atoms with Crippen LogP contribution >= 0.6 is 23.2 Å². The summed E-state index contributed by atoms with van der Waals surface area (Å²) in [5, 5.41) is 0.241. The van der Waals surface area contributed by atoms with Crippen LogP contribution in [-0.2, 0) is 10.0 Å². The minimum absolute atomic E-state index is 0.0345. The van der Waals surface area contributed by atoms with E-state index in [1.165, 1.54) is 12.1 Å². The molecule has 5 nitrogen and oxygen atoms in total. The topological polar surface area (TPSA) is 72.5 Å². The molecule has 1 aromatic rings. The predicted octanol–water partition coefficient (Wildman–Crippen LogP) is 4.44. The van der Waals surface area contributed by atoms with Crippen molar-refractivity contribution in [2.45, 2.75) is 33.1 Å². The van der Waals surface area contributed by atoms with Crippen LogP contribution in [0.5, 0.6) is 5.75 Å². The molecule has 8 heteroatoms. The Balaban J connectivity index is 3.03. The molecule has 1 amide bonds. The lowest BCUT2D eigenvalue weighted by Crippen LogP contribution is -2.29. The number of allylic oxidation sites excluding steroid dienone is 1. The monoisotopic (exact) mass is 407 g/mol. The normalized spacial score (nSPS) is 11.9. The smallest absolute Gasteiger partial charge is 0.266 e. The Bertz CT molecular complexity index is 743. The minimum Gasteiger partial charge on any atom is -0.491 e. The first-order valence-corrected chi connectivity index (χ1v) is 10.5. The molecule has 0 aliphatic carbocycles. The van der Waals surface area contributed by atoms with E-state index >= 15 is 0 Å². The summed E-state index contributed by atoms with van der Waals surface area (Å²) >= 11 is 12.3. The van der Waals surface area contributed by atoms with Gasteiger partial charge in [0.2, 0.25) is 10.0 Å². The molecule has 0 atom stereocenters. The second-order valence-electron chi connectivity index (χ2n) is 5.95. The van der Waals surface area contributed by atoms with E-state index in [-0.39, 0.29) is 21.0 Å². The highest BCUT2D eigenvalue weighted by molar-refractivity contribution is 7.89. The third-order valence-corrected chi connectivity index (χ3v) is 5.32. The lowest BCUT2D eigenvalue weighted by molar-refractivity contribution is 0.0981. The van der Waals surface area contributed by atoms with E-state index in [1.54, 1.807) is 0 Å². The summed E-state index contributed by atoms with van der Waals surface area (Å²) in [4.78, 5) is 12.0. The van der Waals surface area contributed by atoms with Gasteiger partial charge < -0.3 is 4.74 Å². The van der Waals surface area contributed by atoms with E-state index in [0.717, 1.165) is 25.5 Å². The summed E-state index contributed by atoms with van der Waals surface area (Å²) in [5.41, 5.74) is -0.0862. The zero-order chi connectivity index (χ0) is 19.3. The molecule has 0 saturated carbocycles. The molecule has 0 aliphatic rings. The number of ether oxygens (including phenoxy) is 1. The van der Waals surface area contributed by atoms with Crippen LogP contribution in [-0.4, -0.2) is 27.2 Å². The van der Waals surface area contributed by atoms with Gasteiger partial charge in [-0.1, -0.05) is 43.1 Å². The van der Waals surface area contributed by atoms with Gasteiger partial charge in [0, 0.05) is 11.5 Å². The van der Waals surface area contributed by atoms with Crippen LogP contribution in [0, 0.1) is 5.41 Å². The first kappa shape index (κ1) is 21.8. The largest absolute Gasteiger partial charge is 0.491 e. The van der Waals surface area contributed by atoms with Crippen LogP contribution in [0.2, 0.25) is 10.0 Å². The Morgan fingerprint density at radius 3 is 2.36 bits per heavy atom. The summed E-state index contributed by atoms with van der Waals surface area (Å²) in [7, 11) is -3.70. The third kappa shape index (κ3) is 6.20. The second-order valence-corrected chi connectivity index (χ2v) is 8.52. The number of carbonyl (C=O) groups excluding carboxylic acids is 1. The highest BCUT2D eigenvalue weighted by Crippen LogP contribution is 2.36. The zero-order valence-corrected chi connectivity index (χ0v) is 16.9. The highest BCUT2D eigenvalue weighted by Gasteiger charge is 2.26. The molecule has 0 heterocycles. The number of halogens is 2. The van der Waals surface area contributed by atoms with Gasteiger partial charge in [-0.3, -0.25) is 4.79 Å². The molecule has 0 radical (unpaired) electrons. The standard InChI is InChI=1S/C17H23Cl2NO4S/c1-5-8-17(6-2,7-3)11-24-15-10-13(18)12(9-14(15)19)16(21)20-25(4,22)23/h5,9-10H,1,6-8,11H2,2-4H3,(H,20,21). The van der Waals surface area contributed by atoms with Gasteiger partial charge in [-0.15, -0.1) is 6.58 Å². The molecule has 0 saturated heterocycles. The number of nitrogens with one attached hydrogen (secondary N) is 1. The molecule has 1 rings (SSSR count). The number of amides is 1. The van der Waals surface area contributed by atoms with Gasteiger partial charge in [-0.25, -0.2) is 13.1 Å². The first-order chi connectivity index (χ1) is 11.6. The van der Waals surface area contributed by atoms with E-state index < -0.39 is 15.9 Å². The third-order valence-electron chi connectivity index (χ3n) is 4.16. The van der Waals surface area contributed by atoms with Crippen LogP contribution < -0.4 is 9.46 Å². The SMILES string of the molecule is C=CCC(CC)(CC)COc1cc(Cl)c(C(=O)NS(C)(=O)=O)cc1Cl. The van der Waals surface area contributed by atoms with Crippen molar-refractivity contribution in [1.29, 1.82) is 0 Å². The van der Waals surface area contributed by atoms with Gasteiger partial charge in [0.25, 0.3) is 5.91 Å². The number of hydrogen-bond donors (Lipinski definition) is 1. The average molecular weight is 408 g/mol. The lowest BCUT2D eigenvalue weighted by Gasteiger charge is -2.30. The highest BCUT2D eigenvalue weighted by atomic mass is 35.5. The van der Waals surface area contributed by atoms with Crippen molar-refractivity contribution < 1.29 is 17.9 Å². The molecule has 0 bridgehead atoms. The van der Waals surface area contributed by atoms with Crippen LogP contribution in [0.25, 0.3) is 0 Å². The van der Waals surface area contributed by atoms with E-state index in [1.807, 2.05) is 10.8 Å². The van der Waals surface area contributed by atoms with Gasteiger partial charge in [0.1, 0.15) is 5.75 Å². The van der Waals surface area contributed by atoms with Crippen LogP contribution in [0.1, 0.15) is 43.5 Å². The average Bonchev–Trinajstić information content (AvgIpc) is 2.52. The number of carbonyl (C=O) groups is 1. The number of hydrogen-bond acceptors (Lipinski definition) is 4. The van der Waals surface area contributed by atoms with Gasteiger partial charge in [0.05, 0.1) is 28.5 Å². The molecule has 0 fully saturated rings. The quantitative estimate of drug-likeness (QED) is 0.613. The molecule has 0 aliphatic heterocycles. The van der Waals surface area contributed by atoms with E-state index in [0.29, 0.717) is 12.4 Å². The minimum atomic E-state index is -3.70. The fraction of sp³-hybridized carbons (Fsp3) is 0.471. The molecule has 1 N–H and O–H groups in total. The van der Waals surface area contributed by atoms with Crippen molar-refractivity contribution in [1.82, 2.24) is 4.72 Å². The maximum absolute atomic E-state index is 12.0. The molecular formula is C17H23Cl2NO4S. The maximum atomic E-state index is 12.0. The lowest BCUT2D eigenvalue weighted by atomic mass is 9.80. The first-order valence-electron chi connectivity index (χ1n) is 7.82. The predicted molar refractivity (Wildman–Crippen MR) is 102 cm³/mol. The molecule has 1 aromatic carbocycles. The molecule has 140 valence electrons.